The third-order valence-corrected chi connectivity index (χ3v) is 4.28. The minimum absolute atomic E-state index is 0.0295. The highest BCUT2D eigenvalue weighted by molar-refractivity contribution is 6.33. The minimum atomic E-state index is 0.0295. The number of methoxy groups -OCH3 is 1. The van der Waals surface area contributed by atoms with Gasteiger partial charge >= 0.3 is 0 Å². The molecular formula is C20H25ClN2O2. The fraction of sp³-hybridized carbons (Fsp3) is 0.350. The van der Waals surface area contributed by atoms with E-state index < -0.39 is 0 Å². The summed E-state index contributed by atoms with van der Waals surface area (Å²) in [7, 11) is 1.65. The molecule has 0 atom stereocenters. The van der Waals surface area contributed by atoms with Crippen LogP contribution in [0.5, 0.6) is 5.75 Å². The maximum atomic E-state index is 11.9. The molecule has 5 heteroatoms. The van der Waals surface area contributed by atoms with Crippen LogP contribution in [0.25, 0.3) is 0 Å². The Bertz CT molecular complexity index is 691. The van der Waals surface area contributed by atoms with E-state index in [0.29, 0.717) is 24.5 Å². The van der Waals surface area contributed by atoms with Gasteiger partial charge < -0.3 is 15.4 Å². The van der Waals surface area contributed by atoms with Gasteiger partial charge in [-0.3, -0.25) is 4.79 Å². The van der Waals surface area contributed by atoms with E-state index in [4.69, 9.17) is 16.3 Å². The highest BCUT2D eigenvalue weighted by atomic mass is 35.5. The lowest BCUT2D eigenvalue weighted by atomic mass is 10.1. The Morgan fingerprint density at radius 3 is 2.48 bits per heavy atom. The van der Waals surface area contributed by atoms with Crippen molar-refractivity contribution in [1.29, 1.82) is 0 Å². The maximum Gasteiger partial charge on any atom is 0.221 e. The van der Waals surface area contributed by atoms with Crippen LogP contribution in [-0.2, 0) is 11.2 Å². The van der Waals surface area contributed by atoms with Crippen LogP contribution in [0.4, 0.5) is 5.69 Å². The number of aryl methyl sites for hydroxylation is 2. The SMILES string of the molecule is COc1ccc(CCNC(=O)CCNc2c(C)cc(C)cc2Cl)cc1. The molecule has 0 aliphatic heterocycles. The topological polar surface area (TPSA) is 50.4 Å². The van der Waals surface area contributed by atoms with Gasteiger partial charge in [0.05, 0.1) is 17.8 Å². The van der Waals surface area contributed by atoms with Crippen LogP contribution in [0.1, 0.15) is 23.1 Å². The van der Waals surface area contributed by atoms with E-state index in [9.17, 15) is 4.79 Å². The Kier molecular flexibility index (Phi) is 7.14. The molecule has 2 aromatic rings. The lowest BCUT2D eigenvalue weighted by Gasteiger charge is -2.12. The van der Waals surface area contributed by atoms with E-state index in [1.807, 2.05) is 44.2 Å². The molecule has 2 aromatic carbocycles. The zero-order valence-electron chi connectivity index (χ0n) is 15.0. The van der Waals surface area contributed by atoms with Crippen molar-refractivity contribution in [2.75, 3.05) is 25.5 Å². The van der Waals surface area contributed by atoms with Crippen molar-refractivity contribution in [2.24, 2.45) is 0 Å². The van der Waals surface area contributed by atoms with Crippen molar-refractivity contribution in [2.45, 2.75) is 26.7 Å². The van der Waals surface area contributed by atoms with Gasteiger partial charge in [0.15, 0.2) is 0 Å². The van der Waals surface area contributed by atoms with Crippen molar-refractivity contribution >= 4 is 23.2 Å². The summed E-state index contributed by atoms with van der Waals surface area (Å²) in [6.07, 6.45) is 1.21. The zero-order chi connectivity index (χ0) is 18.2. The number of nitrogens with one attached hydrogen (secondary N) is 2. The number of carbonyl (C=O) groups is 1. The smallest absolute Gasteiger partial charge is 0.221 e. The molecule has 134 valence electrons. The predicted molar refractivity (Wildman–Crippen MR) is 104 cm³/mol. The second-order valence-electron chi connectivity index (χ2n) is 6.06. The highest BCUT2D eigenvalue weighted by Gasteiger charge is 2.06. The van der Waals surface area contributed by atoms with E-state index in [1.165, 1.54) is 5.56 Å². The third kappa shape index (κ3) is 5.98. The molecule has 0 unspecified atom stereocenters. The summed E-state index contributed by atoms with van der Waals surface area (Å²) in [6, 6.07) is 11.9. The van der Waals surface area contributed by atoms with Crippen molar-refractivity contribution < 1.29 is 9.53 Å². The molecule has 25 heavy (non-hydrogen) atoms. The van der Waals surface area contributed by atoms with Gasteiger partial charge in [-0.25, -0.2) is 0 Å². The molecule has 1 amide bonds. The largest absolute Gasteiger partial charge is 0.497 e. The first-order valence-corrected chi connectivity index (χ1v) is 8.77. The Morgan fingerprint density at radius 1 is 1.12 bits per heavy atom. The van der Waals surface area contributed by atoms with Crippen LogP contribution in [0.15, 0.2) is 36.4 Å². The molecule has 0 saturated carbocycles. The summed E-state index contributed by atoms with van der Waals surface area (Å²) in [4.78, 5) is 11.9. The molecule has 0 saturated heterocycles. The standard InChI is InChI=1S/C20H25ClN2O2/c1-14-12-15(2)20(18(21)13-14)23-11-9-19(24)22-10-8-16-4-6-17(25-3)7-5-16/h4-7,12-13,23H,8-11H2,1-3H3,(H,22,24). The average molecular weight is 361 g/mol. The maximum absolute atomic E-state index is 11.9. The number of amides is 1. The van der Waals surface area contributed by atoms with Gasteiger partial charge in [-0.15, -0.1) is 0 Å². The molecule has 0 radical (unpaired) electrons. The van der Waals surface area contributed by atoms with Gasteiger partial charge in [0, 0.05) is 19.5 Å². The quantitative estimate of drug-likeness (QED) is 0.744. The number of hydrogen-bond acceptors (Lipinski definition) is 3. The summed E-state index contributed by atoms with van der Waals surface area (Å²) in [5.74, 6) is 0.866. The normalized spacial score (nSPS) is 10.4. The van der Waals surface area contributed by atoms with E-state index in [2.05, 4.69) is 16.7 Å². The van der Waals surface area contributed by atoms with Gasteiger partial charge in [0.1, 0.15) is 5.75 Å². The van der Waals surface area contributed by atoms with Crippen molar-refractivity contribution in [1.82, 2.24) is 5.32 Å². The van der Waals surface area contributed by atoms with Gasteiger partial charge in [-0.2, -0.15) is 0 Å². The second kappa shape index (κ2) is 9.33. The molecule has 0 bridgehead atoms. The molecule has 0 spiro atoms. The van der Waals surface area contributed by atoms with Crippen LogP contribution in [0.3, 0.4) is 0 Å². The fourth-order valence-electron chi connectivity index (χ4n) is 2.67. The van der Waals surface area contributed by atoms with E-state index in [1.54, 1.807) is 7.11 Å². The van der Waals surface area contributed by atoms with E-state index in [-0.39, 0.29) is 5.91 Å². The van der Waals surface area contributed by atoms with E-state index >= 15 is 0 Å². The van der Waals surface area contributed by atoms with Crippen molar-refractivity contribution in [3.05, 3.63) is 58.1 Å². The molecule has 0 fully saturated rings. The van der Waals surface area contributed by atoms with Crippen molar-refractivity contribution in [3.8, 4) is 5.75 Å². The lowest BCUT2D eigenvalue weighted by Crippen LogP contribution is -2.27. The number of carbonyl (C=O) groups excluding carboxylic acids is 1. The molecule has 0 aliphatic rings. The molecule has 2 N–H and O–H groups in total. The first kappa shape index (κ1) is 19.1. The summed E-state index contributed by atoms with van der Waals surface area (Å²) >= 11 is 6.25. The number of hydrogen-bond donors (Lipinski definition) is 2. The molecule has 0 aliphatic carbocycles. The summed E-state index contributed by atoms with van der Waals surface area (Å²) in [5, 5.41) is 6.89. The Hall–Kier alpha value is -2.20. The summed E-state index contributed by atoms with van der Waals surface area (Å²) in [5.41, 5.74) is 4.29. The average Bonchev–Trinajstić information content (AvgIpc) is 2.58. The lowest BCUT2D eigenvalue weighted by molar-refractivity contribution is -0.120. The minimum Gasteiger partial charge on any atom is -0.497 e. The fourth-order valence-corrected chi connectivity index (χ4v) is 3.06. The number of rotatable bonds is 8. The Labute approximate surface area is 154 Å². The van der Waals surface area contributed by atoms with Crippen molar-refractivity contribution in [3.63, 3.8) is 0 Å². The van der Waals surface area contributed by atoms with Crippen LogP contribution < -0.4 is 15.4 Å². The first-order chi connectivity index (χ1) is 12.0. The number of anilines is 1. The Balaban J connectivity index is 1.70. The van der Waals surface area contributed by atoms with Crippen LogP contribution in [-0.4, -0.2) is 26.1 Å². The highest BCUT2D eigenvalue weighted by Crippen LogP contribution is 2.27. The number of ether oxygens (including phenoxy) is 1. The monoisotopic (exact) mass is 360 g/mol. The Morgan fingerprint density at radius 2 is 1.84 bits per heavy atom. The molecule has 4 nitrogen and oxygen atoms in total. The van der Waals surface area contributed by atoms with Gasteiger partial charge in [0.2, 0.25) is 5.91 Å². The van der Waals surface area contributed by atoms with Crippen LogP contribution >= 0.6 is 11.6 Å². The zero-order valence-corrected chi connectivity index (χ0v) is 15.7. The predicted octanol–water partition coefficient (Wildman–Crippen LogP) is 4.13. The second-order valence-corrected chi connectivity index (χ2v) is 6.47. The molecule has 0 aromatic heterocycles. The summed E-state index contributed by atoms with van der Waals surface area (Å²) < 4.78 is 5.13. The number of halogens is 1. The van der Waals surface area contributed by atoms with Gasteiger partial charge in [-0.05, 0) is 55.2 Å². The third-order valence-electron chi connectivity index (χ3n) is 3.98. The number of benzene rings is 2. The van der Waals surface area contributed by atoms with E-state index in [0.717, 1.165) is 29.0 Å². The molecular weight excluding hydrogens is 336 g/mol. The van der Waals surface area contributed by atoms with Gasteiger partial charge in [0.25, 0.3) is 0 Å². The summed E-state index contributed by atoms with van der Waals surface area (Å²) in [6.45, 7) is 5.20. The molecule has 0 heterocycles. The van der Waals surface area contributed by atoms with Crippen LogP contribution in [0.2, 0.25) is 5.02 Å². The molecule has 2 rings (SSSR count). The van der Waals surface area contributed by atoms with Gasteiger partial charge in [-0.1, -0.05) is 29.8 Å². The van der Waals surface area contributed by atoms with Crippen LogP contribution in [0, 0.1) is 13.8 Å². The first-order valence-electron chi connectivity index (χ1n) is 8.40.